The van der Waals surface area contributed by atoms with Crippen LogP contribution < -0.4 is 27.4 Å². The molecule has 8 nitrogen and oxygen atoms in total. The van der Waals surface area contributed by atoms with E-state index in [1.807, 2.05) is 60.8 Å². The Morgan fingerprint density at radius 1 is 1.09 bits per heavy atom. The monoisotopic (exact) mass is 470 g/mol. The summed E-state index contributed by atoms with van der Waals surface area (Å²) in [5.74, 6) is 6.27. The number of pyridine rings is 1. The van der Waals surface area contributed by atoms with Crippen molar-refractivity contribution in [1.82, 2.24) is 10.3 Å². The van der Waals surface area contributed by atoms with Gasteiger partial charge in [0.05, 0.1) is 16.8 Å². The molecule has 0 unspecified atom stereocenters. The number of benzene rings is 2. The Balaban J connectivity index is 1.52. The van der Waals surface area contributed by atoms with Crippen molar-refractivity contribution in [3.05, 3.63) is 71.2 Å². The maximum atomic E-state index is 12.3. The second kappa shape index (κ2) is 9.94. The van der Waals surface area contributed by atoms with Gasteiger partial charge in [-0.3, -0.25) is 0 Å². The number of hydrogen-bond donors (Lipinski definition) is 5. The van der Waals surface area contributed by atoms with Gasteiger partial charge in [-0.2, -0.15) is 0 Å². The highest BCUT2D eigenvalue weighted by Gasteiger charge is 2.13. The Morgan fingerprint density at radius 3 is 2.59 bits per heavy atom. The molecule has 0 aliphatic rings. The van der Waals surface area contributed by atoms with Crippen LogP contribution in [0.3, 0.4) is 0 Å². The van der Waals surface area contributed by atoms with Crippen LogP contribution in [0.5, 0.6) is 0 Å². The lowest BCUT2D eigenvalue weighted by Crippen LogP contribution is -2.29. The molecule has 0 saturated carbocycles. The lowest BCUT2D eigenvalue weighted by Gasteiger charge is -2.09. The van der Waals surface area contributed by atoms with Crippen molar-refractivity contribution >= 4 is 50.7 Å². The number of nitrogens with one attached hydrogen (secondary N) is 3. The fourth-order valence-electron chi connectivity index (χ4n) is 3.39. The molecule has 2 aromatic heterocycles. The number of nitrogens with zero attached hydrogens (tertiary/aromatic N) is 1. The van der Waals surface area contributed by atoms with Gasteiger partial charge in [0, 0.05) is 28.5 Å². The number of carbonyl (C=O) groups is 2. The molecule has 4 rings (SSSR count). The fourth-order valence-corrected chi connectivity index (χ4v) is 4.44. The highest BCUT2D eigenvalue weighted by Crippen LogP contribution is 2.38. The van der Waals surface area contributed by atoms with E-state index in [0.29, 0.717) is 11.5 Å². The number of aryl methyl sites for hydroxylation is 1. The molecule has 34 heavy (non-hydrogen) atoms. The van der Waals surface area contributed by atoms with E-state index in [9.17, 15) is 9.59 Å². The van der Waals surface area contributed by atoms with Crippen LogP contribution in [-0.2, 0) is 0 Å². The summed E-state index contributed by atoms with van der Waals surface area (Å²) < 4.78 is 0.911. The first-order valence-electron chi connectivity index (χ1n) is 10.3. The molecule has 0 fully saturated rings. The van der Waals surface area contributed by atoms with Crippen molar-refractivity contribution in [3.8, 4) is 23.0 Å². The summed E-state index contributed by atoms with van der Waals surface area (Å²) in [6, 6.07) is 14.1. The summed E-state index contributed by atoms with van der Waals surface area (Å²) in [5, 5.41) is 10.9. The fraction of sp³-hybridized carbons (Fsp3) is 0.0800. The molecular formula is C25H22N6O2S. The van der Waals surface area contributed by atoms with Gasteiger partial charge in [-0.05, 0) is 47.7 Å². The number of aromatic nitrogens is 1. The molecule has 170 valence electrons. The largest absolute Gasteiger partial charge is 0.383 e. The smallest absolute Gasteiger partial charge is 0.323 e. The van der Waals surface area contributed by atoms with E-state index >= 15 is 0 Å². The first-order chi connectivity index (χ1) is 16.4. The lowest BCUT2D eigenvalue weighted by atomic mass is 10.0. The van der Waals surface area contributed by atoms with Gasteiger partial charge in [-0.1, -0.05) is 36.1 Å². The van der Waals surface area contributed by atoms with Gasteiger partial charge in [0.1, 0.15) is 5.82 Å². The Labute approximate surface area is 200 Å². The van der Waals surface area contributed by atoms with E-state index in [4.69, 9.17) is 11.5 Å². The standard InChI is InChI=1S/C25H22N6O2S/c1-15-4-2-6-19(12-15)31-25(33)30-18-9-7-16(8-10-18)20-14-34-22-17(5-3-11-28-24(27)32)13-29-23(26)21(20)22/h2,4,6-10,12-14H,11H2,1H3,(H2,26,29)(H3,27,28,32)(H2,30,31,33). The number of nitrogens with two attached hydrogens (primary N) is 2. The van der Waals surface area contributed by atoms with Crippen LogP contribution in [-0.4, -0.2) is 23.6 Å². The molecule has 2 aromatic carbocycles. The van der Waals surface area contributed by atoms with E-state index in [1.165, 1.54) is 11.3 Å². The Morgan fingerprint density at radius 2 is 1.85 bits per heavy atom. The molecule has 4 amide bonds. The van der Waals surface area contributed by atoms with Crippen molar-refractivity contribution in [3.63, 3.8) is 0 Å². The molecule has 0 bridgehead atoms. The van der Waals surface area contributed by atoms with Crippen molar-refractivity contribution < 1.29 is 9.59 Å². The average molecular weight is 471 g/mol. The van der Waals surface area contributed by atoms with Crippen LogP contribution in [0.15, 0.2) is 60.1 Å². The first-order valence-corrected chi connectivity index (χ1v) is 11.2. The third kappa shape index (κ3) is 5.26. The summed E-state index contributed by atoms with van der Waals surface area (Å²) in [6.45, 7) is 2.11. The Bertz CT molecular complexity index is 1430. The third-order valence-electron chi connectivity index (χ3n) is 4.93. The Kier molecular flexibility index (Phi) is 6.62. The number of urea groups is 2. The SMILES string of the molecule is Cc1cccc(NC(=O)Nc2ccc(-c3csc4c(C#CCNC(N)=O)cnc(N)c34)cc2)c1. The van der Waals surface area contributed by atoms with Crippen molar-refractivity contribution in [1.29, 1.82) is 0 Å². The van der Waals surface area contributed by atoms with Gasteiger partial charge in [0.2, 0.25) is 0 Å². The number of thiophene rings is 1. The van der Waals surface area contributed by atoms with Crippen LogP contribution in [0.25, 0.3) is 21.2 Å². The van der Waals surface area contributed by atoms with Crippen molar-refractivity contribution in [2.24, 2.45) is 5.73 Å². The van der Waals surface area contributed by atoms with Gasteiger partial charge in [-0.25, -0.2) is 14.6 Å². The summed E-state index contributed by atoms with van der Waals surface area (Å²) in [4.78, 5) is 27.4. The predicted octanol–water partition coefficient (Wildman–Crippen LogP) is 4.52. The summed E-state index contributed by atoms with van der Waals surface area (Å²) in [7, 11) is 0. The zero-order valence-corrected chi connectivity index (χ0v) is 19.1. The number of nitrogen functional groups attached to an aromatic ring is 1. The molecule has 0 radical (unpaired) electrons. The maximum Gasteiger partial charge on any atom is 0.323 e. The number of hydrogen-bond acceptors (Lipinski definition) is 5. The first kappa shape index (κ1) is 22.6. The van der Waals surface area contributed by atoms with Crippen molar-refractivity contribution in [2.45, 2.75) is 6.92 Å². The third-order valence-corrected chi connectivity index (χ3v) is 5.94. The van der Waals surface area contributed by atoms with E-state index in [0.717, 1.165) is 38.0 Å². The van der Waals surface area contributed by atoms with Crippen LogP contribution in [0.2, 0.25) is 0 Å². The molecule has 4 aromatic rings. The zero-order chi connectivity index (χ0) is 24.1. The van der Waals surface area contributed by atoms with E-state index in [1.54, 1.807) is 6.20 Å². The van der Waals surface area contributed by atoms with Crippen LogP contribution in [0.4, 0.5) is 26.8 Å². The van der Waals surface area contributed by atoms with Gasteiger partial charge in [0.25, 0.3) is 0 Å². The molecule has 0 aliphatic heterocycles. The molecule has 0 aliphatic carbocycles. The van der Waals surface area contributed by atoms with Gasteiger partial charge >= 0.3 is 12.1 Å². The quantitative estimate of drug-likeness (QED) is 0.280. The minimum atomic E-state index is -0.626. The number of amides is 4. The molecular weight excluding hydrogens is 448 g/mol. The minimum absolute atomic E-state index is 0.144. The molecule has 9 heteroatoms. The summed E-state index contributed by atoms with van der Waals surface area (Å²) in [6.07, 6.45) is 1.62. The van der Waals surface area contributed by atoms with Crippen LogP contribution in [0, 0.1) is 18.8 Å². The van der Waals surface area contributed by atoms with Crippen molar-refractivity contribution in [2.75, 3.05) is 22.9 Å². The molecule has 0 spiro atoms. The number of primary amides is 1. The summed E-state index contributed by atoms with van der Waals surface area (Å²) >= 11 is 1.52. The Hall–Kier alpha value is -4.55. The predicted molar refractivity (Wildman–Crippen MR) is 138 cm³/mol. The molecule has 0 atom stereocenters. The van der Waals surface area contributed by atoms with Crippen LogP contribution >= 0.6 is 11.3 Å². The highest BCUT2D eigenvalue weighted by atomic mass is 32.1. The van der Waals surface area contributed by atoms with E-state index < -0.39 is 6.03 Å². The van der Waals surface area contributed by atoms with Gasteiger partial charge in [-0.15, -0.1) is 11.3 Å². The summed E-state index contributed by atoms with van der Waals surface area (Å²) in [5.41, 5.74) is 16.3. The van der Waals surface area contributed by atoms with E-state index in [-0.39, 0.29) is 12.6 Å². The van der Waals surface area contributed by atoms with Crippen LogP contribution in [0.1, 0.15) is 11.1 Å². The normalized spacial score (nSPS) is 10.3. The maximum absolute atomic E-state index is 12.3. The van der Waals surface area contributed by atoms with E-state index in [2.05, 4.69) is 32.8 Å². The van der Waals surface area contributed by atoms with Gasteiger partial charge in [0.15, 0.2) is 0 Å². The average Bonchev–Trinajstić information content (AvgIpc) is 3.25. The highest BCUT2D eigenvalue weighted by molar-refractivity contribution is 7.18. The molecule has 7 N–H and O–H groups in total. The minimum Gasteiger partial charge on any atom is -0.383 e. The number of carbonyl (C=O) groups excluding carboxylic acids is 2. The number of rotatable bonds is 4. The lowest BCUT2D eigenvalue weighted by molar-refractivity contribution is 0.250. The number of fused-ring (bicyclic) bond motifs is 1. The molecule has 0 saturated heterocycles. The van der Waals surface area contributed by atoms with Gasteiger partial charge < -0.3 is 27.4 Å². The topological polar surface area (TPSA) is 135 Å². The second-order valence-corrected chi connectivity index (χ2v) is 8.34. The number of anilines is 3. The zero-order valence-electron chi connectivity index (χ0n) is 18.3. The second-order valence-electron chi connectivity index (χ2n) is 7.46. The molecule has 2 heterocycles.